The minimum Gasteiger partial charge on any atom is -0.494 e. The summed E-state index contributed by atoms with van der Waals surface area (Å²) in [4.78, 5) is 11.8. The number of anilines is 3. The van der Waals surface area contributed by atoms with Crippen LogP contribution in [0.15, 0.2) is 42.5 Å². The van der Waals surface area contributed by atoms with Gasteiger partial charge in [0.05, 0.1) is 24.6 Å². The van der Waals surface area contributed by atoms with Gasteiger partial charge in [0.25, 0.3) is 0 Å². The standard InChI is InChI=1S/C20H26N2O3/c1-5-24-15-11-12-18(22-20(23)25-6-2)19(13-15)21-17-10-8-7-9-16(17)14(3)4/h7-14,21H,5-6H2,1-4H3,(H,22,23). The Labute approximate surface area is 149 Å². The third-order valence-electron chi connectivity index (χ3n) is 3.67. The lowest BCUT2D eigenvalue weighted by molar-refractivity contribution is 0.168. The number of amides is 1. The van der Waals surface area contributed by atoms with Gasteiger partial charge in [0.1, 0.15) is 5.75 Å². The van der Waals surface area contributed by atoms with E-state index in [0.29, 0.717) is 24.8 Å². The summed E-state index contributed by atoms with van der Waals surface area (Å²) in [6.45, 7) is 8.90. The Morgan fingerprint density at radius 3 is 2.44 bits per heavy atom. The number of carbonyl (C=O) groups excluding carboxylic acids is 1. The Hall–Kier alpha value is -2.69. The maximum absolute atomic E-state index is 11.8. The van der Waals surface area contributed by atoms with Gasteiger partial charge in [0.15, 0.2) is 0 Å². The third kappa shape index (κ3) is 5.14. The first-order valence-electron chi connectivity index (χ1n) is 8.61. The van der Waals surface area contributed by atoms with E-state index in [1.165, 1.54) is 5.56 Å². The molecule has 0 heterocycles. The second-order valence-corrected chi connectivity index (χ2v) is 5.85. The zero-order valence-electron chi connectivity index (χ0n) is 15.3. The number of para-hydroxylation sites is 1. The minimum atomic E-state index is -0.480. The molecule has 2 N–H and O–H groups in total. The van der Waals surface area contributed by atoms with Crippen molar-refractivity contribution in [2.75, 3.05) is 23.8 Å². The van der Waals surface area contributed by atoms with Crippen molar-refractivity contribution in [3.05, 3.63) is 48.0 Å². The summed E-state index contributed by atoms with van der Waals surface area (Å²) in [6, 6.07) is 13.6. The molecule has 134 valence electrons. The van der Waals surface area contributed by atoms with Crippen LogP contribution in [0.4, 0.5) is 21.9 Å². The zero-order chi connectivity index (χ0) is 18.2. The molecule has 5 heteroatoms. The van der Waals surface area contributed by atoms with E-state index in [2.05, 4.69) is 30.5 Å². The van der Waals surface area contributed by atoms with Gasteiger partial charge < -0.3 is 14.8 Å². The molecule has 2 aromatic rings. The molecule has 0 aliphatic carbocycles. The Morgan fingerprint density at radius 2 is 1.76 bits per heavy atom. The first-order valence-corrected chi connectivity index (χ1v) is 8.61. The zero-order valence-corrected chi connectivity index (χ0v) is 15.3. The van der Waals surface area contributed by atoms with E-state index in [1.807, 2.05) is 43.3 Å². The summed E-state index contributed by atoms with van der Waals surface area (Å²) in [5.74, 6) is 1.11. The van der Waals surface area contributed by atoms with Crippen molar-refractivity contribution in [2.45, 2.75) is 33.6 Å². The molecular formula is C20H26N2O3. The lowest BCUT2D eigenvalue weighted by atomic mass is 10.0. The average molecular weight is 342 g/mol. The molecule has 2 aromatic carbocycles. The highest BCUT2D eigenvalue weighted by atomic mass is 16.5. The molecule has 5 nitrogen and oxygen atoms in total. The van der Waals surface area contributed by atoms with Gasteiger partial charge in [-0.25, -0.2) is 4.79 Å². The number of hydrogen-bond donors (Lipinski definition) is 2. The molecule has 0 saturated heterocycles. The molecule has 0 bridgehead atoms. The van der Waals surface area contributed by atoms with Gasteiger partial charge in [-0.15, -0.1) is 0 Å². The predicted octanol–water partition coefficient (Wildman–Crippen LogP) is 5.52. The molecule has 1 amide bonds. The highest BCUT2D eigenvalue weighted by Gasteiger charge is 2.12. The molecule has 0 saturated carbocycles. The maximum Gasteiger partial charge on any atom is 0.411 e. The lowest BCUT2D eigenvalue weighted by Gasteiger charge is -2.18. The Bertz CT molecular complexity index is 714. The predicted molar refractivity (Wildman–Crippen MR) is 102 cm³/mol. The molecular weight excluding hydrogens is 316 g/mol. The van der Waals surface area contributed by atoms with Gasteiger partial charge in [-0.05, 0) is 43.5 Å². The van der Waals surface area contributed by atoms with Crippen LogP contribution in [0.25, 0.3) is 0 Å². The van der Waals surface area contributed by atoms with Gasteiger partial charge in [-0.3, -0.25) is 5.32 Å². The van der Waals surface area contributed by atoms with E-state index in [9.17, 15) is 4.79 Å². The van der Waals surface area contributed by atoms with Gasteiger partial charge in [0, 0.05) is 11.8 Å². The first-order chi connectivity index (χ1) is 12.0. The average Bonchev–Trinajstić information content (AvgIpc) is 2.58. The fourth-order valence-corrected chi connectivity index (χ4v) is 2.53. The summed E-state index contributed by atoms with van der Waals surface area (Å²) in [5, 5.41) is 6.19. The summed E-state index contributed by atoms with van der Waals surface area (Å²) in [5.41, 5.74) is 3.59. The molecule has 0 unspecified atom stereocenters. The molecule has 25 heavy (non-hydrogen) atoms. The summed E-state index contributed by atoms with van der Waals surface area (Å²) in [7, 11) is 0. The highest BCUT2D eigenvalue weighted by Crippen LogP contribution is 2.33. The number of hydrogen-bond acceptors (Lipinski definition) is 4. The van der Waals surface area contributed by atoms with Crippen LogP contribution in [0.2, 0.25) is 0 Å². The SMILES string of the molecule is CCOC(=O)Nc1ccc(OCC)cc1Nc1ccccc1C(C)C. The van der Waals surface area contributed by atoms with Crippen molar-refractivity contribution in [1.82, 2.24) is 0 Å². The fraction of sp³-hybridized carbons (Fsp3) is 0.350. The van der Waals surface area contributed by atoms with Crippen molar-refractivity contribution in [2.24, 2.45) is 0 Å². The van der Waals surface area contributed by atoms with Gasteiger partial charge in [-0.2, -0.15) is 0 Å². The Balaban J connectivity index is 2.36. The molecule has 0 radical (unpaired) electrons. The molecule has 0 aliphatic rings. The number of rotatable bonds is 7. The van der Waals surface area contributed by atoms with Gasteiger partial charge in [0.2, 0.25) is 0 Å². The monoisotopic (exact) mass is 342 g/mol. The molecule has 0 fully saturated rings. The van der Waals surface area contributed by atoms with Gasteiger partial charge >= 0.3 is 6.09 Å². The smallest absolute Gasteiger partial charge is 0.411 e. The molecule has 0 aliphatic heterocycles. The van der Waals surface area contributed by atoms with Crippen molar-refractivity contribution < 1.29 is 14.3 Å². The number of carbonyl (C=O) groups is 1. The maximum atomic E-state index is 11.8. The van der Waals surface area contributed by atoms with Gasteiger partial charge in [-0.1, -0.05) is 32.0 Å². The van der Waals surface area contributed by atoms with Crippen molar-refractivity contribution in [3.63, 3.8) is 0 Å². The van der Waals surface area contributed by atoms with Crippen LogP contribution >= 0.6 is 0 Å². The molecule has 0 atom stereocenters. The van der Waals surface area contributed by atoms with E-state index in [4.69, 9.17) is 9.47 Å². The van der Waals surface area contributed by atoms with Crippen LogP contribution in [-0.4, -0.2) is 19.3 Å². The van der Waals surface area contributed by atoms with Crippen LogP contribution in [-0.2, 0) is 4.74 Å². The summed E-state index contributed by atoms with van der Waals surface area (Å²) in [6.07, 6.45) is -0.480. The largest absolute Gasteiger partial charge is 0.494 e. The molecule has 0 aromatic heterocycles. The van der Waals surface area contributed by atoms with E-state index < -0.39 is 6.09 Å². The second-order valence-electron chi connectivity index (χ2n) is 5.85. The Morgan fingerprint density at radius 1 is 1.00 bits per heavy atom. The Kier molecular flexibility index (Phi) is 6.69. The van der Waals surface area contributed by atoms with E-state index in [1.54, 1.807) is 6.92 Å². The second kappa shape index (κ2) is 8.97. The van der Waals surface area contributed by atoms with Crippen LogP contribution in [0.5, 0.6) is 5.75 Å². The number of ether oxygens (including phenoxy) is 2. The topological polar surface area (TPSA) is 59.6 Å². The normalized spacial score (nSPS) is 10.4. The van der Waals surface area contributed by atoms with Crippen LogP contribution in [0.3, 0.4) is 0 Å². The number of benzene rings is 2. The third-order valence-corrected chi connectivity index (χ3v) is 3.67. The van der Waals surface area contributed by atoms with Crippen molar-refractivity contribution in [3.8, 4) is 5.75 Å². The molecule has 2 rings (SSSR count). The minimum absolute atomic E-state index is 0.321. The van der Waals surface area contributed by atoms with Crippen LogP contribution in [0.1, 0.15) is 39.2 Å². The van der Waals surface area contributed by atoms with Crippen molar-refractivity contribution >= 4 is 23.2 Å². The molecule has 0 spiro atoms. The lowest BCUT2D eigenvalue weighted by Crippen LogP contribution is -2.14. The van der Waals surface area contributed by atoms with Crippen LogP contribution in [0, 0.1) is 0 Å². The quantitative estimate of drug-likeness (QED) is 0.695. The highest BCUT2D eigenvalue weighted by molar-refractivity contribution is 5.91. The number of nitrogens with one attached hydrogen (secondary N) is 2. The first kappa shape index (κ1) is 18.6. The van der Waals surface area contributed by atoms with E-state index in [-0.39, 0.29) is 0 Å². The van der Waals surface area contributed by atoms with Crippen LogP contribution < -0.4 is 15.4 Å². The summed E-state index contributed by atoms with van der Waals surface area (Å²) < 4.78 is 10.6. The van der Waals surface area contributed by atoms with Crippen molar-refractivity contribution in [1.29, 1.82) is 0 Å². The fourth-order valence-electron chi connectivity index (χ4n) is 2.53. The summed E-state index contributed by atoms with van der Waals surface area (Å²) >= 11 is 0. The van der Waals surface area contributed by atoms with E-state index >= 15 is 0 Å². The van der Waals surface area contributed by atoms with E-state index in [0.717, 1.165) is 17.1 Å².